The van der Waals surface area contributed by atoms with Crippen LogP contribution in [-0.4, -0.2) is 16.0 Å². The Bertz CT molecular complexity index is 1010. The van der Waals surface area contributed by atoms with Gasteiger partial charge in [0.05, 0.1) is 6.04 Å². The molecule has 1 N–H and O–H groups in total. The standard InChI is InChI=1S/C23H19N3O3/c27-23(21-15-20(29-26-21)16-28-19-9-5-2-6-10-19)25-22(17-7-3-1-4-8-17)18-11-13-24-14-12-18/h1-15,22H,16H2,(H,25,27). The number of hydrogen-bond acceptors (Lipinski definition) is 5. The van der Waals surface area contributed by atoms with E-state index in [-0.39, 0.29) is 24.2 Å². The normalized spacial score (nSPS) is 11.6. The average molecular weight is 385 g/mol. The van der Waals surface area contributed by atoms with E-state index in [0.29, 0.717) is 5.76 Å². The number of pyridine rings is 1. The lowest BCUT2D eigenvalue weighted by atomic mass is 9.99. The monoisotopic (exact) mass is 385 g/mol. The molecule has 0 bridgehead atoms. The highest BCUT2D eigenvalue weighted by molar-refractivity contribution is 5.92. The summed E-state index contributed by atoms with van der Waals surface area (Å²) in [6.07, 6.45) is 3.40. The van der Waals surface area contributed by atoms with Crippen LogP contribution in [0.5, 0.6) is 5.75 Å². The summed E-state index contributed by atoms with van der Waals surface area (Å²) in [5.74, 6) is 0.862. The topological polar surface area (TPSA) is 77.2 Å². The second kappa shape index (κ2) is 8.84. The molecule has 2 heterocycles. The van der Waals surface area contributed by atoms with E-state index in [1.165, 1.54) is 0 Å². The number of amides is 1. The largest absolute Gasteiger partial charge is 0.486 e. The van der Waals surface area contributed by atoms with Crippen LogP contribution in [0.25, 0.3) is 0 Å². The Balaban J connectivity index is 1.47. The van der Waals surface area contributed by atoms with E-state index in [1.807, 2.05) is 72.8 Å². The molecule has 1 amide bonds. The van der Waals surface area contributed by atoms with Crippen LogP contribution in [-0.2, 0) is 6.61 Å². The van der Waals surface area contributed by atoms with Crippen LogP contribution in [0.15, 0.2) is 95.8 Å². The van der Waals surface area contributed by atoms with E-state index in [2.05, 4.69) is 15.5 Å². The first-order valence-corrected chi connectivity index (χ1v) is 9.19. The van der Waals surface area contributed by atoms with E-state index in [9.17, 15) is 4.79 Å². The Morgan fingerprint density at radius 3 is 2.31 bits per heavy atom. The molecule has 0 aliphatic heterocycles. The Morgan fingerprint density at radius 1 is 0.931 bits per heavy atom. The van der Waals surface area contributed by atoms with E-state index < -0.39 is 0 Å². The Labute approximate surface area is 168 Å². The van der Waals surface area contributed by atoms with Crippen LogP contribution < -0.4 is 10.1 Å². The zero-order valence-corrected chi connectivity index (χ0v) is 15.6. The predicted octanol–water partition coefficient (Wildman–Crippen LogP) is 4.17. The van der Waals surface area contributed by atoms with Gasteiger partial charge in [-0.15, -0.1) is 0 Å². The molecule has 0 radical (unpaired) electrons. The lowest BCUT2D eigenvalue weighted by molar-refractivity contribution is 0.0933. The van der Waals surface area contributed by atoms with Crippen LogP contribution in [0, 0.1) is 0 Å². The summed E-state index contributed by atoms with van der Waals surface area (Å²) >= 11 is 0. The van der Waals surface area contributed by atoms with Crippen molar-refractivity contribution in [3.05, 3.63) is 114 Å². The summed E-state index contributed by atoms with van der Waals surface area (Å²) in [5, 5.41) is 6.91. The number of carbonyl (C=O) groups is 1. The summed E-state index contributed by atoms with van der Waals surface area (Å²) in [6, 6.07) is 24.1. The fraction of sp³-hybridized carbons (Fsp3) is 0.0870. The second-order valence-electron chi connectivity index (χ2n) is 6.38. The average Bonchev–Trinajstić information content (AvgIpc) is 3.27. The van der Waals surface area contributed by atoms with Gasteiger partial charge in [0.25, 0.3) is 5.91 Å². The van der Waals surface area contributed by atoms with Gasteiger partial charge in [0.15, 0.2) is 11.5 Å². The SMILES string of the molecule is O=C(NC(c1ccccc1)c1ccncc1)c1cc(COc2ccccc2)on1. The van der Waals surface area contributed by atoms with E-state index in [0.717, 1.165) is 16.9 Å². The summed E-state index contributed by atoms with van der Waals surface area (Å²) in [5.41, 5.74) is 2.09. The highest BCUT2D eigenvalue weighted by Crippen LogP contribution is 2.22. The lowest BCUT2D eigenvalue weighted by Gasteiger charge is -2.19. The fourth-order valence-electron chi connectivity index (χ4n) is 2.92. The third kappa shape index (κ3) is 4.68. The number of carbonyl (C=O) groups excluding carboxylic acids is 1. The van der Waals surface area contributed by atoms with Crippen molar-refractivity contribution in [2.45, 2.75) is 12.6 Å². The molecule has 0 aliphatic carbocycles. The van der Waals surface area contributed by atoms with Crippen LogP contribution in [0.2, 0.25) is 0 Å². The summed E-state index contributed by atoms with van der Waals surface area (Å²) in [7, 11) is 0. The second-order valence-corrected chi connectivity index (χ2v) is 6.38. The van der Waals surface area contributed by atoms with Crippen molar-refractivity contribution < 1.29 is 14.1 Å². The molecule has 4 aromatic rings. The van der Waals surface area contributed by atoms with Crippen LogP contribution >= 0.6 is 0 Å². The highest BCUT2D eigenvalue weighted by Gasteiger charge is 2.20. The van der Waals surface area contributed by atoms with Gasteiger partial charge in [0, 0.05) is 18.5 Å². The van der Waals surface area contributed by atoms with Gasteiger partial charge in [0.2, 0.25) is 0 Å². The van der Waals surface area contributed by atoms with Gasteiger partial charge < -0.3 is 14.6 Å². The van der Waals surface area contributed by atoms with Crippen molar-refractivity contribution in [1.82, 2.24) is 15.5 Å². The molecule has 0 fully saturated rings. The number of ether oxygens (including phenoxy) is 1. The number of para-hydroxylation sites is 1. The van der Waals surface area contributed by atoms with Gasteiger partial charge in [-0.1, -0.05) is 53.7 Å². The van der Waals surface area contributed by atoms with Gasteiger partial charge >= 0.3 is 0 Å². The maximum absolute atomic E-state index is 12.8. The maximum atomic E-state index is 12.8. The summed E-state index contributed by atoms with van der Waals surface area (Å²) in [6.45, 7) is 0.191. The molecule has 0 aliphatic rings. The number of aromatic nitrogens is 2. The van der Waals surface area contributed by atoms with Gasteiger partial charge in [-0.25, -0.2) is 0 Å². The van der Waals surface area contributed by atoms with Gasteiger partial charge in [-0.05, 0) is 35.4 Å². The van der Waals surface area contributed by atoms with Crippen LogP contribution in [0.3, 0.4) is 0 Å². The fourth-order valence-corrected chi connectivity index (χ4v) is 2.92. The smallest absolute Gasteiger partial charge is 0.274 e. The minimum absolute atomic E-state index is 0.191. The number of rotatable bonds is 7. The zero-order valence-electron chi connectivity index (χ0n) is 15.6. The lowest BCUT2D eigenvalue weighted by Crippen LogP contribution is -2.29. The van der Waals surface area contributed by atoms with Crippen molar-refractivity contribution in [1.29, 1.82) is 0 Å². The van der Waals surface area contributed by atoms with Crippen molar-refractivity contribution >= 4 is 5.91 Å². The summed E-state index contributed by atoms with van der Waals surface area (Å²) in [4.78, 5) is 16.9. The molecule has 6 heteroatoms. The summed E-state index contributed by atoms with van der Waals surface area (Å²) < 4.78 is 10.9. The molecule has 1 unspecified atom stereocenters. The van der Waals surface area contributed by atoms with E-state index >= 15 is 0 Å². The molecule has 2 aromatic carbocycles. The predicted molar refractivity (Wildman–Crippen MR) is 107 cm³/mol. The molecule has 29 heavy (non-hydrogen) atoms. The van der Waals surface area contributed by atoms with Crippen molar-refractivity contribution in [2.75, 3.05) is 0 Å². The number of hydrogen-bond donors (Lipinski definition) is 1. The molecule has 1 atom stereocenters. The minimum atomic E-state index is -0.328. The third-order valence-electron chi connectivity index (χ3n) is 4.36. The number of benzene rings is 2. The molecule has 0 saturated carbocycles. The number of nitrogens with one attached hydrogen (secondary N) is 1. The van der Waals surface area contributed by atoms with Gasteiger partial charge in [-0.3, -0.25) is 9.78 Å². The third-order valence-corrected chi connectivity index (χ3v) is 4.36. The molecule has 0 spiro atoms. The molecule has 2 aromatic heterocycles. The quantitative estimate of drug-likeness (QED) is 0.517. The minimum Gasteiger partial charge on any atom is -0.486 e. The Morgan fingerprint density at radius 2 is 1.59 bits per heavy atom. The Kier molecular flexibility index (Phi) is 5.62. The van der Waals surface area contributed by atoms with Gasteiger partial charge in [0.1, 0.15) is 12.4 Å². The first kappa shape index (κ1) is 18.4. The van der Waals surface area contributed by atoms with Crippen LogP contribution in [0.1, 0.15) is 33.4 Å². The van der Waals surface area contributed by atoms with Crippen molar-refractivity contribution in [3.8, 4) is 5.75 Å². The number of nitrogens with zero attached hydrogens (tertiary/aromatic N) is 2. The molecule has 6 nitrogen and oxygen atoms in total. The van der Waals surface area contributed by atoms with Gasteiger partial charge in [-0.2, -0.15) is 0 Å². The molecular formula is C23H19N3O3. The molecule has 0 saturated heterocycles. The molecular weight excluding hydrogens is 366 g/mol. The molecule has 144 valence electrons. The van der Waals surface area contributed by atoms with Crippen molar-refractivity contribution in [3.63, 3.8) is 0 Å². The first-order valence-electron chi connectivity index (χ1n) is 9.19. The highest BCUT2D eigenvalue weighted by atomic mass is 16.5. The first-order chi connectivity index (χ1) is 14.3. The Hall–Kier alpha value is -3.93. The molecule has 4 rings (SSSR count). The van der Waals surface area contributed by atoms with E-state index in [1.54, 1.807) is 18.5 Å². The van der Waals surface area contributed by atoms with E-state index in [4.69, 9.17) is 9.26 Å². The van der Waals surface area contributed by atoms with Crippen molar-refractivity contribution in [2.24, 2.45) is 0 Å². The van der Waals surface area contributed by atoms with Crippen LogP contribution in [0.4, 0.5) is 0 Å². The maximum Gasteiger partial charge on any atom is 0.274 e. The zero-order chi connectivity index (χ0) is 19.9.